The first kappa shape index (κ1) is 21.3. The van der Waals surface area contributed by atoms with E-state index in [9.17, 15) is 18.0 Å². The van der Waals surface area contributed by atoms with Crippen LogP contribution in [0.2, 0.25) is 0 Å². The third-order valence-corrected chi connectivity index (χ3v) is 6.60. The van der Waals surface area contributed by atoms with Crippen molar-refractivity contribution in [1.29, 1.82) is 0 Å². The number of nitrogens with zero attached hydrogens (tertiary/aromatic N) is 3. The van der Waals surface area contributed by atoms with Gasteiger partial charge < -0.3 is 10.2 Å². The van der Waals surface area contributed by atoms with Crippen LogP contribution in [0, 0.1) is 6.92 Å². The number of thiophene rings is 1. The van der Waals surface area contributed by atoms with Crippen LogP contribution in [0.25, 0.3) is 10.2 Å². The van der Waals surface area contributed by atoms with Gasteiger partial charge in [-0.15, -0.1) is 23.7 Å². The van der Waals surface area contributed by atoms with Crippen LogP contribution in [0.3, 0.4) is 0 Å². The zero-order valence-corrected chi connectivity index (χ0v) is 17.0. The smallest absolute Gasteiger partial charge is 0.336 e. The SMILES string of the molecule is Cc1c(C(=O)N2CCC(N3CCNCC3)C2)sc2nc(C(F)(F)F)ccc12.Cl. The molecule has 2 aromatic heterocycles. The van der Waals surface area contributed by atoms with Crippen molar-refractivity contribution in [3.63, 3.8) is 0 Å². The van der Waals surface area contributed by atoms with Gasteiger partial charge in [0.2, 0.25) is 0 Å². The molecule has 154 valence electrons. The number of fused-ring (bicyclic) bond motifs is 1. The van der Waals surface area contributed by atoms with Crippen LogP contribution in [0.1, 0.15) is 27.3 Å². The second kappa shape index (κ2) is 8.14. The van der Waals surface area contributed by atoms with E-state index in [1.54, 1.807) is 6.92 Å². The molecule has 0 aliphatic carbocycles. The second-order valence-electron chi connectivity index (χ2n) is 7.08. The van der Waals surface area contributed by atoms with Gasteiger partial charge in [-0.3, -0.25) is 9.69 Å². The summed E-state index contributed by atoms with van der Waals surface area (Å²) in [6.45, 7) is 7.04. The Morgan fingerprint density at radius 1 is 1.25 bits per heavy atom. The van der Waals surface area contributed by atoms with E-state index in [2.05, 4.69) is 15.2 Å². The molecule has 1 unspecified atom stereocenters. The highest BCUT2D eigenvalue weighted by atomic mass is 35.5. The van der Waals surface area contributed by atoms with Crippen LogP contribution >= 0.6 is 23.7 Å². The minimum Gasteiger partial charge on any atom is -0.336 e. The molecule has 4 heterocycles. The zero-order valence-electron chi connectivity index (χ0n) is 15.4. The quantitative estimate of drug-likeness (QED) is 0.788. The summed E-state index contributed by atoms with van der Waals surface area (Å²) in [6, 6.07) is 2.76. The Bertz CT molecular complexity index is 866. The van der Waals surface area contributed by atoms with Crippen molar-refractivity contribution in [2.75, 3.05) is 39.3 Å². The van der Waals surface area contributed by atoms with Crippen molar-refractivity contribution in [2.24, 2.45) is 0 Å². The van der Waals surface area contributed by atoms with Gasteiger partial charge >= 0.3 is 6.18 Å². The molecule has 4 rings (SSSR count). The molecule has 2 saturated heterocycles. The lowest BCUT2D eigenvalue weighted by atomic mass is 10.1. The van der Waals surface area contributed by atoms with E-state index in [0.717, 1.165) is 50.0 Å². The van der Waals surface area contributed by atoms with E-state index in [1.165, 1.54) is 6.07 Å². The number of aromatic nitrogens is 1. The van der Waals surface area contributed by atoms with Gasteiger partial charge in [-0.05, 0) is 31.0 Å². The third-order valence-electron chi connectivity index (χ3n) is 5.41. The summed E-state index contributed by atoms with van der Waals surface area (Å²) in [4.78, 5) is 21.7. The number of alkyl halides is 3. The minimum atomic E-state index is -4.48. The van der Waals surface area contributed by atoms with Gasteiger partial charge in [0.25, 0.3) is 5.91 Å². The molecule has 1 atom stereocenters. The van der Waals surface area contributed by atoms with Gasteiger partial charge in [0.15, 0.2) is 0 Å². The molecule has 1 N–H and O–H groups in total. The summed E-state index contributed by atoms with van der Waals surface area (Å²) >= 11 is 1.06. The summed E-state index contributed by atoms with van der Waals surface area (Å²) in [5.74, 6) is -0.0957. The van der Waals surface area contributed by atoms with Crippen molar-refractivity contribution in [3.8, 4) is 0 Å². The Kier molecular flexibility index (Phi) is 6.19. The molecule has 28 heavy (non-hydrogen) atoms. The minimum absolute atomic E-state index is 0. The fraction of sp³-hybridized carbons (Fsp3) is 0.556. The summed E-state index contributed by atoms with van der Waals surface area (Å²) in [5.41, 5.74) is -0.206. The van der Waals surface area contributed by atoms with E-state index in [1.807, 2.05) is 4.90 Å². The fourth-order valence-corrected chi connectivity index (χ4v) is 5.02. The number of carbonyl (C=O) groups excluding carboxylic acids is 1. The maximum absolute atomic E-state index is 13.0. The van der Waals surface area contributed by atoms with Crippen molar-refractivity contribution in [2.45, 2.75) is 25.6 Å². The van der Waals surface area contributed by atoms with Crippen LogP contribution in [-0.2, 0) is 6.18 Å². The number of halogens is 4. The Labute approximate surface area is 171 Å². The molecule has 10 heteroatoms. The highest BCUT2D eigenvalue weighted by molar-refractivity contribution is 7.20. The van der Waals surface area contributed by atoms with E-state index < -0.39 is 11.9 Å². The van der Waals surface area contributed by atoms with Crippen LogP contribution in [-0.4, -0.2) is 66.0 Å². The maximum atomic E-state index is 13.0. The van der Waals surface area contributed by atoms with Crippen molar-refractivity contribution in [3.05, 3.63) is 28.3 Å². The molecule has 5 nitrogen and oxygen atoms in total. The first-order valence-corrected chi connectivity index (χ1v) is 9.87. The van der Waals surface area contributed by atoms with E-state index >= 15 is 0 Å². The summed E-state index contributed by atoms with van der Waals surface area (Å²) in [5, 5.41) is 3.95. The molecule has 2 aliphatic rings. The standard InChI is InChI=1S/C18H21F3N4OS.ClH/c1-11-13-2-3-14(18(19,20)21)23-16(13)27-15(11)17(26)25-7-4-12(10-25)24-8-5-22-6-9-24;/h2-3,12,22H,4-10H2,1H3;1H. The molecule has 0 saturated carbocycles. The Balaban J connectivity index is 0.00000225. The van der Waals surface area contributed by atoms with Gasteiger partial charge in [-0.25, -0.2) is 4.98 Å². The normalized spacial score (nSPS) is 21.1. The molecule has 0 spiro atoms. The molecule has 0 bridgehead atoms. The van der Waals surface area contributed by atoms with E-state index in [-0.39, 0.29) is 23.1 Å². The van der Waals surface area contributed by atoms with Crippen LogP contribution < -0.4 is 5.32 Å². The molecule has 2 fully saturated rings. The molecule has 0 aromatic carbocycles. The third kappa shape index (κ3) is 3.98. The number of likely N-dealkylation sites (tertiary alicyclic amines) is 1. The van der Waals surface area contributed by atoms with Crippen molar-refractivity contribution in [1.82, 2.24) is 20.1 Å². The number of amides is 1. The number of hydrogen-bond acceptors (Lipinski definition) is 5. The predicted octanol–water partition coefficient (Wildman–Crippen LogP) is 3.17. The van der Waals surface area contributed by atoms with Crippen LogP contribution in [0.15, 0.2) is 12.1 Å². The number of nitrogens with one attached hydrogen (secondary N) is 1. The lowest BCUT2D eigenvalue weighted by molar-refractivity contribution is -0.140. The van der Waals surface area contributed by atoms with Crippen molar-refractivity contribution >= 4 is 39.9 Å². The van der Waals surface area contributed by atoms with Gasteiger partial charge in [-0.2, -0.15) is 13.2 Å². The molecule has 1 amide bonds. The van der Waals surface area contributed by atoms with Gasteiger partial charge in [0.1, 0.15) is 10.5 Å². The number of rotatable bonds is 2. The molecule has 0 radical (unpaired) electrons. The average Bonchev–Trinajstić information content (AvgIpc) is 3.26. The number of hydrogen-bond donors (Lipinski definition) is 1. The lowest BCUT2D eigenvalue weighted by Crippen LogP contribution is -2.49. The van der Waals surface area contributed by atoms with Gasteiger partial charge in [0, 0.05) is 50.7 Å². The molecule has 2 aliphatic heterocycles. The van der Waals surface area contributed by atoms with Crippen molar-refractivity contribution < 1.29 is 18.0 Å². The Hall–Kier alpha value is -1.42. The monoisotopic (exact) mass is 434 g/mol. The Morgan fingerprint density at radius 3 is 2.64 bits per heavy atom. The summed E-state index contributed by atoms with van der Waals surface area (Å²) in [7, 11) is 0. The first-order valence-electron chi connectivity index (χ1n) is 9.06. The van der Waals surface area contributed by atoms with E-state index in [0.29, 0.717) is 35.0 Å². The topological polar surface area (TPSA) is 48.5 Å². The van der Waals surface area contributed by atoms with Gasteiger partial charge in [-0.1, -0.05) is 0 Å². The first-order chi connectivity index (χ1) is 12.8. The number of piperazine rings is 1. The van der Waals surface area contributed by atoms with Crippen LogP contribution in [0.5, 0.6) is 0 Å². The fourth-order valence-electron chi connectivity index (χ4n) is 3.88. The molecular formula is C18H22ClF3N4OS. The van der Waals surface area contributed by atoms with Gasteiger partial charge in [0.05, 0.1) is 4.88 Å². The molecular weight excluding hydrogens is 413 g/mol. The van der Waals surface area contributed by atoms with E-state index in [4.69, 9.17) is 0 Å². The number of pyridine rings is 1. The predicted molar refractivity (Wildman–Crippen MR) is 105 cm³/mol. The highest BCUT2D eigenvalue weighted by Gasteiger charge is 2.35. The zero-order chi connectivity index (χ0) is 19.2. The molecule has 2 aromatic rings. The number of carbonyl (C=O) groups is 1. The summed E-state index contributed by atoms with van der Waals surface area (Å²) in [6.07, 6.45) is -3.55. The largest absolute Gasteiger partial charge is 0.433 e. The number of aryl methyl sites for hydroxylation is 1. The average molecular weight is 435 g/mol. The maximum Gasteiger partial charge on any atom is 0.433 e. The van der Waals surface area contributed by atoms with Crippen LogP contribution in [0.4, 0.5) is 13.2 Å². The Morgan fingerprint density at radius 2 is 1.96 bits per heavy atom. The lowest BCUT2D eigenvalue weighted by Gasteiger charge is -2.32. The highest BCUT2D eigenvalue weighted by Crippen LogP contribution is 2.35. The second-order valence-corrected chi connectivity index (χ2v) is 8.08. The summed E-state index contributed by atoms with van der Waals surface area (Å²) < 4.78 is 38.7.